The van der Waals surface area contributed by atoms with E-state index in [4.69, 9.17) is 11.6 Å². The highest BCUT2D eigenvalue weighted by Gasteiger charge is 2.20. The summed E-state index contributed by atoms with van der Waals surface area (Å²) in [6.07, 6.45) is 1.67. The van der Waals surface area contributed by atoms with Crippen LogP contribution in [0.1, 0.15) is 32.3 Å². The van der Waals surface area contributed by atoms with Gasteiger partial charge in [-0.25, -0.2) is 8.42 Å². The number of hydrogen-bond acceptors (Lipinski definition) is 7. The van der Waals surface area contributed by atoms with Gasteiger partial charge in [0.15, 0.2) is 4.34 Å². The fourth-order valence-electron chi connectivity index (χ4n) is 2.44. The van der Waals surface area contributed by atoms with Crippen molar-refractivity contribution in [3.05, 3.63) is 28.8 Å². The van der Waals surface area contributed by atoms with Crippen molar-refractivity contribution >= 4 is 61.4 Å². The van der Waals surface area contributed by atoms with Gasteiger partial charge in [0.2, 0.25) is 21.1 Å². The number of aryl methyl sites for hydroxylation is 1. The highest BCUT2D eigenvalue weighted by molar-refractivity contribution is 8.01. The standard InChI is InChI=1S/C18H25ClN4O3S3/c1-12(2)11-27-18-22-21-17(28-18)20-16(24)6-5-9-23(29(4,25)26)15-10-14(19)8-7-13(15)3/h7-8,10,12H,5-6,9,11H2,1-4H3,(H,20,21,24). The molecule has 11 heteroatoms. The lowest BCUT2D eigenvalue weighted by atomic mass is 10.2. The maximum Gasteiger partial charge on any atom is 0.232 e. The largest absolute Gasteiger partial charge is 0.301 e. The average molecular weight is 477 g/mol. The predicted octanol–water partition coefficient (Wildman–Crippen LogP) is 4.43. The van der Waals surface area contributed by atoms with Crippen LogP contribution in [0, 0.1) is 12.8 Å². The van der Waals surface area contributed by atoms with Gasteiger partial charge in [0.1, 0.15) is 0 Å². The van der Waals surface area contributed by atoms with Gasteiger partial charge in [0.25, 0.3) is 0 Å². The molecule has 1 amide bonds. The first-order chi connectivity index (χ1) is 13.6. The van der Waals surface area contributed by atoms with Crippen molar-refractivity contribution in [3.8, 4) is 0 Å². The molecule has 0 saturated carbocycles. The minimum Gasteiger partial charge on any atom is -0.301 e. The van der Waals surface area contributed by atoms with Gasteiger partial charge < -0.3 is 5.32 Å². The van der Waals surface area contributed by atoms with Crippen molar-refractivity contribution < 1.29 is 13.2 Å². The van der Waals surface area contributed by atoms with E-state index in [0.717, 1.165) is 21.9 Å². The van der Waals surface area contributed by atoms with E-state index in [0.29, 0.717) is 28.2 Å². The number of aromatic nitrogens is 2. The number of halogens is 1. The molecule has 0 radical (unpaired) electrons. The van der Waals surface area contributed by atoms with Crippen LogP contribution in [-0.4, -0.2) is 43.1 Å². The minimum atomic E-state index is -3.50. The lowest BCUT2D eigenvalue weighted by Crippen LogP contribution is -2.32. The van der Waals surface area contributed by atoms with Gasteiger partial charge in [-0.15, -0.1) is 10.2 Å². The number of benzene rings is 1. The number of sulfonamides is 1. The topological polar surface area (TPSA) is 92.3 Å². The van der Waals surface area contributed by atoms with Crippen LogP contribution in [0.15, 0.2) is 22.5 Å². The molecule has 0 saturated heterocycles. The Balaban J connectivity index is 1.92. The molecule has 160 valence electrons. The molecule has 1 aromatic carbocycles. The van der Waals surface area contributed by atoms with Crippen LogP contribution in [-0.2, 0) is 14.8 Å². The summed E-state index contributed by atoms with van der Waals surface area (Å²) in [6, 6.07) is 5.10. The Bertz CT molecular complexity index is 948. The molecule has 1 heterocycles. The van der Waals surface area contributed by atoms with Crippen LogP contribution < -0.4 is 9.62 Å². The number of nitrogens with zero attached hydrogens (tertiary/aromatic N) is 3. The van der Waals surface area contributed by atoms with Crippen LogP contribution in [0.4, 0.5) is 10.8 Å². The molecule has 0 atom stereocenters. The normalized spacial score (nSPS) is 11.7. The van der Waals surface area contributed by atoms with Gasteiger partial charge in [-0.1, -0.05) is 54.6 Å². The Labute approximate surface area is 185 Å². The number of hydrogen-bond donors (Lipinski definition) is 1. The highest BCUT2D eigenvalue weighted by Crippen LogP contribution is 2.28. The summed E-state index contributed by atoms with van der Waals surface area (Å²) < 4.78 is 26.6. The Hall–Kier alpha value is -1.36. The minimum absolute atomic E-state index is 0.166. The van der Waals surface area contributed by atoms with Crippen LogP contribution >= 0.6 is 34.7 Å². The van der Waals surface area contributed by atoms with Gasteiger partial charge in [-0.2, -0.15) is 0 Å². The zero-order chi connectivity index (χ0) is 21.6. The van der Waals surface area contributed by atoms with Crippen molar-refractivity contribution in [2.45, 2.75) is 38.0 Å². The second kappa shape index (κ2) is 10.6. The molecule has 0 bridgehead atoms. The summed E-state index contributed by atoms with van der Waals surface area (Å²) in [7, 11) is -3.50. The summed E-state index contributed by atoms with van der Waals surface area (Å²) in [4.78, 5) is 12.2. The predicted molar refractivity (Wildman–Crippen MR) is 122 cm³/mol. The second-order valence-corrected chi connectivity index (χ2v) is 11.6. The van der Waals surface area contributed by atoms with Crippen molar-refractivity contribution in [1.82, 2.24) is 10.2 Å². The Morgan fingerprint density at radius 3 is 2.72 bits per heavy atom. The molecule has 1 N–H and O–H groups in total. The van der Waals surface area contributed by atoms with Crippen LogP contribution in [0.3, 0.4) is 0 Å². The lowest BCUT2D eigenvalue weighted by Gasteiger charge is -2.24. The van der Waals surface area contributed by atoms with Crippen molar-refractivity contribution in [2.24, 2.45) is 5.92 Å². The smallest absolute Gasteiger partial charge is 0.232 e. The number of anilines is 2. The molecule has 0 aliphatic heterocycles. The number of nitrogens with one attached hydrogen (secondary N) is 1. The number of rotatable bonds is 10. The molecule has 0 fully saturated rings. The molecule has 7 nitrogen and oxygen atoms in total. The Morgan fingerprint density at radius 1 is 1.34 bits per heavy atom. The van der Waals surface area contributed by atoms with E-state index in [1.165, 1.54) is 15.6 Å². The van der Waals surface area contributed by atoms with Crippen molar-refractivity contribution in [1.29, 1.82) is 0 Å². The van der Waals surface area contributed by atoms with E-state index in [9.17, 15) is 13.2 Å². The third kappa shape index (κ3) is 7.76. The second-order valence-electron chi connectivity index (χ2n) is 7.00. The molecule has 0 aliphatic carbocycles. The summed E-state index contributed by atoms with van der Waals surface area (Å²) in [5.74, 6) is 1.26. The Kier molecular flexibility index (Phi) is 8.74. The Morgan fingerprint density at radius 2 is 2.07 bits per heavy atom. The van der Waals surface area contributed by atoms with Crippen molar-refractivity contribution in [2.75, 3.05) is 28.2 Å². The van der Waals surface area contributed by atoms with Gasteiger partial charge >= 0.3 is 0 Å². The SMILES string of the molecule is Cc1ccc(Cl)cc1N(CCCC(=O)Nc1nnc(SCC(C)C)s1)S(C)(=O)=O. The number of amides is 1. The molecule has 0 spiro atoms. The van der Waals surface area contributed by atoms with Crippen molar-refractivity contribution in [3.63, 3.8) is 0 Å². The number of thioether (sulfide) groups is 1. The van der Waals surface area contributed by atoms with Crippen LogP contribution in [0.2, 0.25) is 5.02 Å². The van der Waals surface area contributed by atoms with Gasteiger partial charge in [-0.05, 0) is 37.0 Å². The van der Waals surface area contributed by atoms with E-state index in [-0.39, 0.29) is 18.9 Å². The monoisotopic (exact) mass is 476 g/mol. The summed E-state index contributed by atoms with van der Waals surface area (Å²) in [6.45, 7) is 6.25. The molecule has 0 aliphatic rings. The lowest BCUT2D eigenvalue weighted by molar-refractivity contribution is -0.116. The third-order valence-electron chi connectivity index (χ3n) is 3.80. The molecule has 29 heavy (non-hydrogen) atoms. The summed E-state index contributed by atoms with van der Waals surface area (Å²) in [5.41, 5.74) is 1.32. The number of carbonyl (C=O) groups excluding carboxylic acids is 1. The summed E-state index contributed by atoms with van der Waals surface area (Å²) >= 11 is 8.97. The zero-order valence-electron chi connectivity index (χ0n) is 16.8. The van der Waals surface area contributed by atoms with E-state index in [2.05, 4.69) is 29.4 Å². The van der Waals surface area contributed by atoms with E-state index >= 15 is 0 Å². The van der Waals surface area contributed by atoms with Gasteiger partial charge in [0.05, 0.1) is 11.9 Å². The third-order valence-corrected chi connectivity index (χ3v) is 7.61. The average Bonchev–Trinajstić information content (AvgIpc) is 3.05. The van der Waals surface area contributed by atoms with E-state index < -0.39 is 10.0 Å². The molecule has 0 unspecified atom stereocenters. The maximum absolute atomic E-state index is 12.2. The zero-order valence-corrected chi connectivity index (χ0v) is 20.0. The van der Waals surface area contributed by atoms with E-state index in [1.807, 2.05) is 6.92 Å². The first-order valence-corrected chi connectivity index (χ1v) is 13.1. The fourth-order valence-corrected chi connectivity index (χ4v) is 5.36. The molecular formula is C18H25ClN4O3S3. The first kappa shape index (κ1) is 23.9. The van der Waals surface area contributed by atoms with Crippen LogP contribution in [0.25, 0.3) is 0 Å². The molecule has 1 aromatic heterocycles. The van der Waals surface area contributed by atoms with Gasteiger partial charge in [-0.3, -0.25) is 9.10 Å². The maximum atomic E-state index is 12.2. The first-order valence-electron chi connectivity index (χ1n) is 9.06. The highest BCUT2D eigenvalue weighted by atomic mass is 35.5. The summed E-state index contributed by atoms with van der Waals surface area (Å²) in [5, 5.41) is 11.7. The van der Waals surface area contributed by atoms with Crippen LogP contribution in [0.5, 0.6) is 0 Å². The molecule has 2 aromatic rings. The molecular weight excluding hydrogens is 452 g/mol. The van der Waals surface area contributed by atoms with Gasteiger partial charge in [0, 0.05) is 23.7 Å². The molecule has 2 rings (SSSR count). The van der Waals surface area contributed by atoms with E-state index in [1.54, 1.807) is 30.0 Å². The quantitative estimate of drug-likeness (QED) is 0.402. The fraction of sp³-hybridized carbons (Fsp3) is 0.500. The number of carbonyl (C=O) groups is 1.